The van der Waals surface area contributed by atoms with Gasteiger partial charge < -0.3 is 25.2 Å². The van der Waals surface area contributed by atoms with Gasteiger partial charge in [-0.3, -0.25) is 4.90 Å². The molecule has 3 aliphatic carbocycles. The molecule has 8 heteroatoms. The van der Waals surface area contributed by atoms with Crippen molar-refractivity contribution in [3.63, 3.8) is 0 Å². The van der Waals surface area contributed by atoms with Crippen LogP contribution in [0.4, 0.5) is 15.3 Å². The minimum atomic E-state index is -0.278. The third-order valence-corrected chi connectivity index (χ3v) is 8.49. The van der Waals surface area contributed by atoms with Crippen LogP contribution in [0, 0.1) is 17.3 Å². The fraction of sp³-hybridized carbons (Fsp3) is 0.667. The van der Waals surface area contributed by atoms with Gasteiger partial charge in [0.05, 0.1) is 6.61 Å². The van der Waals surface area contributed by atoms with Crippen LogP contribution in [0.25, 0.3) is 0 Å². The molecule has 8 nitrogen and oxygen atoms in total. The molecule has 0 spiro atoms. The molecule has 4 amide bonds. The van der Waals surface area contributed by atoms with Gasteiger partial charge in [0.25, 0.3) is 0 Å². The van der Waals surface area contributed by atoms with E-state index in [-0.39, 0.29) is 17.6 Å². The lowest BCUT2D eigenvalue weighted by Crippen LogP contribution is -2.55. The normalized spacial score (nSPS) is 22.7. The quantitative estimate of drug-likeness (QED) is 0.467. The Balaban J connectivity index is 1.28. The van der Waals surface area contributed by atoms with Gasteiger partial charge in [0.2, 0.25) is 0 Å². The second-order valence-electron chi connectivity index (χ2n) is 12.6. The number of benzene rings is 1. The number of nitrogens with one attached hydrogen (secondary N) is 2. The lowest BCUT2D eigenvalue weighted by Gasteiger charge is -2.57. The van der Waals surface area contributed by atoms with Gasteiger partial charge in [-0.05, 0) is 82.1 Å². The summed E-state index contributed by atoms with van der Waals surface area (Å²) < 4.78 is 5.47. The Hall–Kier alpha value is -2.74. The van der Waals surface area contributed by atoms with Gasteiger partial charge in [0.1, 0.15) is 5.75 Å². The summed E-state index contributed by atoms with van der Waals surface area (Å²) in [5.41, 5.74) is 2.26. The summed E-state index contributed by atoms with van der Waals surface area (Å²) in [6, 6.07) is 7.39. The number of carbonyl (C=O) groups excluding carboxylic acids is 2. The summed E-state index contributed by atoms with van der Waals surface area (Å²) in [5, 5.41) is 6.16. The molecule has 2 N–H and O–H groups in total. The predicted molar refractivity (Wildman–Crippen MR) is 153 cm³/mol. The molecule has 1 aromatic rings. The maximum Gasteiger partial charge on any atom is 0.321 e. The van der Waals surface area contributed by atoms with Crippen LogP contribution >= 0.6 is 0 Å². The van der Waals surface area contributed by atoms with E-state index in [1.807, 2.05) is 61.8 Å². The van der Waals surface area contributed by atoms with E-state index < -0.39 is 0 Å². The van der Waals surface area contributed by atoms with Gasteiger partial charge in [-0.1, -0.05) is 25.5 Å². The molecule has 1 aromatic carbocycles. The molecule has 4 aliphatic rings. The molecule has 1 saturated carbocycles. The average molecular weight is 526 g/mol. The van der Waals surface area contributed by atoms with E-state index in [1.54, 1.807) is 0 Å². The van der Waals surface area contributed by atoms with Gasteiger partial charge in [0.15, 0.2) is 0 Å². The van der Waals surface area contributed by atoms with Crippen LogP contribution in [-0.4, -0.2) is 84.7 Å². The van der Waals surface area contributed by atoms with Gasteiger partial charge in [-0.2, -0.15) is 0 Å². The second-order valence-corrected chi connectivity index (χ2v) is 12.6. The highest BCUT2D eigenvalue weighted by molar-refractivity contribution is 5.89. The number of ether oxygens (including phenoxy) is 1. The highest BCUT2D eigenvalue weighted by Gasteiger charge is 2.51. The molecular weight excluding hydrogens is 478 g/mol. The number of carbonyl (C=O) groups is 2. The van der Waals surface area contributed by atoms with Gasteiger partial charge in [-0.25, -0.2) is 9.59 Å². The van der Waals surface area contributed by atoms with Crippen LogP contribution in [0.3, 0.4) is 0 Å². The number of nitrogens with zero attached hydrogens (tertiary/aromatic N) is 3. The molecule has 210 valence electrons. The topological polar surface area (TPSA) is 77.2 Å². The second kappa shape index (κ2) is 11.6. The number of rotatable bonds is 8. The molecular formula is C30H47N5O3. The molecule has 2 unspecified atom stereocenters. The zero-order valence-electron chi connectivity index (χ0n) is 24.2. The summed E-state index contributed by atoms with van der Waals surface area (Å²) in [6.45, 7) is 18.5. The summed E-state index contributed by atoms with van der Waals surface area (Å²) >= 11 is 0. The first-order valence-electron chi connectivity index (χ1n) is 14.2. The zero-order valence-corrected chi connectivity index (χ0v) is 24.2. The number of anilines is 1. The average Bonchev–Trinajstić information content (AvgIpc) is 2.87. The number of allylic oxidation sites excluding steroid dienone is 1. The van der Waals surface area contributed by atoms with Crippen molar-refractivity contribution in [1.29, 1.82) is 0 Å². The Morgan fingerprint density at radius 1 is 1.11 bits per heavy atom. The number of piperazine rings is 1. The van der Waals surface area contributed by atoms with Crippen LogP contribution < -0.4 is 15.4 Å². The van der Waals surface area contributed by atoms with E-state index in [0.29, 0.717) is 44.1 Å². The lowest BCUT2D eigenvalue weighted by molar-refractivity contribution is -0.00988. The maximum absolute atomic E-state index is 13.3. The highest BCUT2D eigenvalue weighted by Crippen LogP contribution is 2.59. The summed E-state index contributed by atoms with van der Waals surface area (Å²) in [6.07, 6.45) is 4.78. The van der Waals surface area contributed by atoms with Crippen molar-refractivity contribution in [2.75, 3.05) is 57.7 Å². The summed E-state index contributed by atoms with van der Waals surface area (Å²) in [5.74, 6) is 2.17. The molecule has 1 heterocycles. The number of urea groups is 2. The smallest absolute Gasteiger partial charge is 0.321 e. The fourth-order valence-corrected chi connectivity index (χ4v) is 5.97. The zero-order chi connectivity index (χ0) is 27.5. The first kappa shape index (κ1) is 28.3. The number of fused-ring (bicyclic) bond motifs is 1. The van der Waals surface area contributed by atoms with Crippen LogP contribution in [0.1, 0.15) is 54.4 Å². The standard InChI is InChI=1S/C30H47N5O3/c1-7-38-25-12-10-24(11-13-25)31-27(36)34-17-14-33(15-18-34)16-19-35(28(37)32-29(2,3)4)21-22-8-9-23-20-26(22)30(23,5)6/h8,10-13,23,26H,7,9,14-21H2,1-6H3,(H,31,36)(H,32,37). The first-order chi connectivity index (χ1) is 18.0. The van der Waals surface area contributed by atoms with Gasteiger partial charge in [-0.15, -0.1) is 0 Å². The molecule has 0 aromatic heterocycles. The molecule has 2 fully saturated rings. The molecule has 38 heavy (non-hydrogen) atoms. The monoisotopic (exact) mass is 525 g/mol. The third-order valence-electron chi connectivity index (χ3n) is 8.49. The van der Waals surface area contributed by atoms with Gasteiger partial charge >= 0.3 is 12.1 Å². The summed E-state index contributed by atoms with van der Waals surface area (Å²) in [4.78, 5) is 32.3. The lowest BCUT2D eigenvalue weighted by atomic mass is 9.49. The van der Waals surface area contributed by atoms with Crippen molar-refractivity contribution in [1.82, 2.24) is 20.0 Å². The van der Waals surface area contributed by atoms with E-state index in [1.165, 1.54) is 12.0 Å². The summed E-state index contributed by atoms with van der Waals surface area (Å²) in [7, 11) is 0. The van der Waals surface area contributed by atoms with E-state index in [4.69, 9.17) is 4.74 Å². The van der Waals surface area contributed by atoms with E-state index in [0.717, 1.165) is 43.4 Å². The number of amides is 4. The number of hydrogen-bond acceptors (Lipinski definition) is 4. The van der Waals surface area contributed by atoms with Crippen molar-refractivity contribution in [2.24, 2.45) is 17.3 Å². The minimum absolute atomic E-state index is 0.00558. The maximum atomic E-state index is 13.3. The molecule has 2 atom stereocenters. The molecule has 0 radical (unpaired) electrons. The van der Waals surface area contributed by atoms with Crippen molar-refractivity contribution in [2.45, 2.75) is 59.9 Å². The fourth-order valence-electron chi connectivity index (χ4n) is 5.97. The number of hydrogen-bond donors (Lipinski definition) is 2. The van der Waals surface area contributed by atoms with E-state index in [9.17, 15) is 9.59 Å². The Morgan fingerprint density at radius 3 is 2.37 bits per heavy atom. The van der Waals surface area contributed by atoms with E-state index in [2.05, 4.69) is 35.5 Å². The Kier molecular flexibility index (Phi) is 8.60. The molecule has 5 rings (SSSR count). The molecule has 1 aliphatic heterocycles. The van der Waals surface area contributed by atoms with Crippen molar-refractivity contribution in [3.8, 4) is 5.75 Å². The van der Waals surface area contributed by atoms with Crippen LogP contribution in [0.15, 0.2) is 35.9 Å². The van der Waals surface area contributed by atoms with Crippen LogP contribution in [-0.2, 0) is 0 Å². The third kappa shape index (κ3) is 6.82. The molecule has 1 saturated heterocycles. The Labute approximate surface area is 228 Å². The van der Waals surface area contributed by atoms with Crippen molar-refractivity contribution < 1.29 is 14.3 Å². The van der Waals surface area contributed by atoms with Gasteiger partial charge in [0, 0.05) is 57.0 Å². The SMILES string of the molecule is CCOc1ccc(NC(=O)N2CCN(CCN(CC3=CCC4CC3C4(C)C)C(=O)NC(C)(C)C)CC2)cc1. The van der Waals surface area contributed by atoms with Crippen molar-refractivity contribution >= 4 is 17.7 Å². The van der Waals surface area contributed by atoms with Crippen LogP contribution in [0.2, 0.25) is 0 Å². The first-order valence-corrected chi connectivity index (χ1v) is 14.2. The minimum Gasteiger partial charge on any atom is -0.494 e. The van der Waals surface area contributed by atoms with Crippen molar-refractivity contribution in [3.05, 3.63) is 35.9 Å². The van der Waals surface area contributed by atoms with E-state index >= 15 is 0 Å². The van der Waals surface area contributed by atoms with Crippen LogP contribution in [0.5, 0.6) is 5.75 Å². The Morgan fingerprint density at radius 2 is 1.79 bits per heavy atom. The highest BCUT2D eigenvalue weighted by atomic mass is 16.5. The Bertz CT molecular complexity index is 1010. The predicted octanol–water partition coefficient (Wildman–Crippen LogP) is 5.04. The largest absolute Gasteiger partial charge is 0.494 e. The molecule has 2 bridgehead atoms.